The number of hydrogen-bond donors (Lipinski definition) is 0. The van der Waals surface area contributed by atoms with Crippen LogP contribution in [0.3, 0.4) is 0 Å². The molecule has 0 spiro atoms. The Balaban J connectivity index is 0.000000197. The van der Waals surface area contributed by atoms with Crippen molar-refractivity contribution < 1.29 is 22.6 Å². The van der Waals surface area contributed by atoms with Crippen LogP contribution >= 0.6 is 0 Å². The van der Waals surface area contributed by atoms with Crippen molar-refractivity contribution in [3.63, 3.8) is 0 Å². The van der Waals surface area contributed by atoms with Crippen LogP contribution in [0.5, 0.6) is 0 Å². The maximum atomic E-state index is 11.8. The van der Waals surface area contributed by atoms with Crippen LogP contribution in [0.1, 0.15) is 65.7 Å². The van der Waals surface area contributed by atoms with Gasteiger partial charge >= 0.3 is 0 Å². The molecular weight excluding hydrogens is 372 g/mol. The molecule has 2 bridgehead atoms. The van der Waals surface area contributed by atoms with E-state index in [1.165, 1.54) is 30.8 Å². The standard InChI is InChI=1S/C10H16O4S.C9H17OS/c1-9(2)7-3-4-10(9,8(11)5-7)6-15(12,13)14;1-2-9(10)8-11-6-4-3-5-7-11/h7H,3-6H2,1-2H3,(H,12,13,14);2-8H2,1H3/q;+1/p-1. The molecule has 0 radical (unpaired) electrons. The first-order valence-electron chi connectivity index (χ1n) is 9.64. The first kappa shape index (κ1) is 21.9. The summed E-state index contributed by atoms with van der Waals surface area (Å²) in [5, 5.41) is 0. The fourth-order valence-corrected chi connectivity index (χ4v) is 8.43. The van der Waals surface area contributed by atoms with Gasteiger partial charge in [0.05, 0.1) is 15.9 Å². The fourth-order valence-electron chi connectivity index (χ4n) is 4.78. The summed E-state index contributed by atoms with van der Waals surface area (Å²) in [6.07, 6.45) is 6.73. The molecule has 0 aromatic rings. The monoisotopic (exact) mass is 404 g/mol. The van der Waals surface area contributed by atoms with E-state index in [2.05, 4.69) is 0 Å². The average molecular weight is 405 g/mol. The van der Waals surface area contributed by atoms with Crippen LogP contribution in [0.25, 0.3) is 0 Å². The van der Waals surface area contributed by atoms with Crippen LogP contribution in [0, 0.1) is 16.7 Å². The Morgan fingerprint density at radius 3 is 2.27 bits per heavy atom. The molecule has 1 heterocycles. The highest BCUT2D eigenvalue weighted by atomic mass is 32.2. The van der Waals surface area contributed by atoms with Crippen LogP contribution in [0.2, 0.25) is 0 Å². The molecule has 1 saturated heterocycles. The second kappa shape index (κ2) is 8.31. The van der Waals surface area contributed by atoms with E-state index >= 15 is 0 Å². The number of fused-ring (bicyclic) bond motifs is 2. The van der Waals surface area contributed by atoms with E-state index in [0.29, 0.717) is 29.5 Å². The van der Waals surface area contributed by atoms with Crippen LogP contribution in [-0.2, 0) is 30.6 Å². The van der Waals surface area contributed by atoms with Crippen LogP contribution < -0.4 is 0 Å². The molecular formula is C19H32O5S2. The zero-order valence-corrected chi connectivity index (χ0v) is 17.8. The molecule has 7 heteroatoms. The number of ketones is 2. The summed E-state index contributed by atoms with van der Waals surface area (Å²) < 4.78 is 32.7. The molecule has 0 aromatic heterocycles. The normalized spacial score (nSPS) is 30.8. The number of carbonyl (C=O) groups is 2. The number of carbonyl (C=O) groups excluding carboxylic acids is 2. The molecule has 0 N–H and O–H groups in total. The molecule has 1 aliphatic heterocycles. The van der Waals surface area contributed by atoms with E-state index in [1.54, 1.807) is 0 Å². The van der Waals surface area contributed by atoms with Gasteiger partial charge in [-0.1, -0.05) is 20.8 Å². The molecule has 26 heavy (non-hydrogen) atoms. The van der Waals surface area contributed by atoms with Gasteiger partial charge in [0.1, 0.15) is 17.3 Å². The molecule has 2 atom stereocenters. The number of hydrogen-bond acceptors (Lipinski definition) is 5. The summed E-state index contributed by atoms with van der Waals surface area (Å²) in [5.74, 6) is 3.72. The average Bonchev–Trinajstić information content (AvgIpc) is 2.89. The third-order valence-corrected chi connectivity index (χ3v) is 10.00. The molecule has 3 rings (SSSR count). The minimum absolute atomic E-state index is 0.0248. The third-order valence-electron chi connectivity index (χ3n) is 6.69. The zero-order chi connectivity index (χ0) is 19.6. The summed E-state index contributed by atoms with van der Waals surface area (Å²) in [4.78, 5) is 22.9. The first-order chi connectivity index (χ1) is 12.0. The van der Waals surface area contributed by atoms with Crippen LogP contribution in [0.4, 0.5) is 0 Å². The van der Waals surface area contributed by atoms with Crippen LogP contribution in [0.15, 0.2) is 0 Å². The van der Waals surface area contributed by atoms with Crippen molar-refractivity contribution >= 4 is 32.6 Å². The Bertz CT molecular complexity index is 634. The van der Waals surface area contributed by atoms with E-state index < -0.39 is 21.3 Å². The van der Waals surface area contributed by atoms with Gasteiger partial charge in [-0.3, -0.25) is 9.59 Å². The molecule has 0 amide bonds. The number of Topliss-reactive ketones (excluding diaryl/α,β-unsaturated/α-hetero) is 2. The minimum Gasteiger partial charge on any atom is -0.748 e. The van der Waals surface area contributed by atoms with E-state index in [9.17, 15) is 22.6 Å². The molecule has 3 aliphatic rings. The summed E-state index contributed by atoms with van der Waals surface area (Å²) in [5.41, 5.74) is -1.22. The molecule has 0 aromatic carbocycles. The van der Waals surface area contributed by atoms with Crippen LogP contribution in [-0.4, -0.2) is 47.5 Å². The topological polar surface area (TPSA) is 91.3 Å². The van der Waals surface area contributed by atoms with Gasteiger partial charge < -0.3 is 4.55 Å². The summed E-state index contributed by atoms with van der Waals surface area (Å²) in [6, 6.07) is 0. The van der Waals surface area contributed by atoms with Gasteiger partial charge in [-0.25, -0.2) is 8.42 Å². The van der Waals surface area contributed by atoms with E-state index in [1.807, 2.05) is 20.8 Å². The van der Waals surface area contributed by atoms with Gasteiger partial charge in [-0.2, -0.15) is 0 Å². The highest BCUT2D eigenvalue weighted by Crippen LogP contribution is 2.64. The third kappa shape index (κ3) is 4.71. The largest absolute Gasteiger partial charge is 0.748 e. The molecule has 5 nitrogen and oxygen atoms in total. The molecule has 150 valence electrons. The Morgan fingerprint density at radius 1 is 1.23 bits per heavy atom. The van der Waals surface area contributed by atoms with Crippen molar-refractivity contribution in [2.24, 2.45) is 16.7 Å². The predicted molar refractivity (Wildman–Crippen MR) is 104 cm³/mol. The maximum absolute atomic E-state index is 11.8. The molecule has 3 fully saturated rings. The highest BCUT2D eigenvalue weighted by molar-refractivity contribution is 7.97. The lowest BCUT2D eigenvalue weighted by atomic mass is 9.70. The Labute approximate surface area is 160 Å². The van der Waals surface area contributed by atoms with E-state index in [0.717, 1.165) is 18.6 Å². The quantitative estimate of drug-likeness (QED) is 0.519. The summed E-state index contributed by atoms with van der Waals surface area (Å²) in [7, 11) is -3.85. The first-order valence-corrected chi connectivity index (χ1v) is 13.0. The SMILES string of the molecule is CC1(C)C2CCC1(CS(=O)(=O)[O-])C(=O)C2.CCC(=O)C[S+]1CCCCC1. The summed E-state index contributed by atoms with van der Waals surface area (Å²) >= 11 is 0. The fraction of sp³-hybridized carbons (Fsp3) is 0.895. The van der Waals surface area contributed by atoms with Gasteiger partial charge in [-0.05, 0) is 54.3 Å². The summed E-state index contributed by atoms with van der Waals surface area (Å²) in [6.45, 7) is 5.80. The predicted octanol–water partition coefficient (Wildman–Crippen LogP) is 2.69. The van der Waals surface area contributed by atoms with Gasteiger partial charge in [0, 0.05) is 18.3 Å². The molecule has 2 aliphatic carbocycles. The maximum Gasteiger partial charge on any atom is 0.181 e. The van der Waals surface area contributed by atoms with E-state index in [-0.39, 0.29) is 17.1 Å². The van der Waals surface area contributed by atoms with Gasteiger partial charge in [0.25, 0.3) is 0 Å². The Hall–Kier alpha value is -0.400. The number of rotatable bonds is 5. The van der Waals surface area contributed by atoms with Gasteiger partial charge in [0.2, 0.25) is 0 Å². The lowest BCUT2D eigenvalue weighted by molar-refractivity contribution is -0.128. The molecule has 2 saturated carbocycles. The van der Waals surface area contributed by atoms with Crippen molar-refractivity contribution in [2.45, 2.75) is 65.7 Å². The second-order valence-electron chi connectivity index (χ2n) is 8.49. The van der Waals surface area contributed by atoms with Crippen molar-refractivity contribution in [1.82, 2.24) is 0 Å². The Kier molecular flexibility index (Phi) is 7.00. The van der Waals surface area contributed by atoms with Gasteiger partial charge in [-0.15, -0.1) is 0 Å². The lowest BCUT2D eigenvalue weighted by Crippen LogP contribution is -2.42. The lowest BCUT2D eigenvalue weighted by Gasteiger charge is -2.37. The molecule has 2 unspecified atom stereocenters. The Morgan fingerprint density at radius 2 is 1.85 bits per heavy atom. The minimum atomic E-state index is -4.33. The van der Waals surface area contributed by atoms with Crippen molar-refractivity contribution in [1.29, 1.82) is 0 Å². The smallest absolute Gasteiger partial charge is 0.181 e. The van der Waals surface area contributed by atoms with Gasteiger partial charge in [0.15, 0.2) is 11.5 Å². The van der Waals surface area contributed by atoms with Crippen molar-refractivity contribution in [2.75, 3.05) is 23.0 Å². The van der Waals surface area contributed by atoms with Crippen molar-refractivity contribution in [3.8, 4) is 0 Å². The van der Waals surface area contributed by atoms with E-state index in [4.69, 9.17) is 0 Å². The second-order valence-corrected chi connectivity index (χ2v) is 12.2. The van der Waals surface area contributed by atoms with Crippen molar-refractivity contribution in [3.05, 3.63) is 0 Å². The highest BCUT2D eigenvalue weighted by Gasteiger charge is 2.64. The zero-order valence-electron chi connectivity index (χ0n) is 16.2.